The van der Waals surface area contributed by atoms with Crippen LogP contribution < -0.4 is 5.73 Å². The average Bonchev–Trinajstić information content (AvgIpc) is 2.39. The van der Waals surface area contributed by atoms with Crippen LogP contribution in [0.5, 0.6) is 0 Å². The number of hydrogen-bond donors (Lipinski definition) is 1. The molecular weight excluding hydrogens is 140 g/mol. The molecule has 62 valence electrons. The quantitative estimate of drug-likeness (QED) is 0.648. The summed E-state index contributed by atoms with van der Waals surface area (Å²) in [6.07, 6.45) is 1.78. The summed E-state index contributed by atoms with van der Waals surface area (Å²) in [6, 6.07) is 3.46. The molecule has 3 nitrogen and oxygen atoms in total. The molecule has 0 unspecified atom stereocenters. The molecule has 0 saturated carbocycles. The van der Waals surface area contributed by atoms with E-state index in [1.165, 1.54) is 0 Å². The first-order valence-corrected chi connectivity index (χ1v) is 3.63. The van der Waals surface area contributed by atoms with Crippen molar-refractivity contribution in [2.24, 2.45) is 12.8 Å². The summed E-state index contributed by atoms with van der Waals surface area (Å²) < 4.78 is 1.68. The van der Waals surface area contributed by atoms with Crippen molar-refractivity contribution in [2.45, 2.75) is 13.8 Å². The summed E-state index contributed by atoms with van der Waals surface area (Å²) in [7, 11) is 1.78. The minimum atomic E-state index is -0.387. The summed E-state index contributed by atoms with van der Waals surface area (Å²) in [5, 5.41) is 0. The number of nitrogens with zero attached hydrogens (tertiary/aromatic N) is 1. The van der Waals surface area contributed by atoms with Crippen LogP contribution >= 0.6 is 0 Å². The number of amides is 1. The first kappa shape index (κ1) is 9.75. The summed E-state index contributed by atoms with van der Waals surface area (Å²) in [4.78, 5) is 10.5. The van der Waals surface area contributed by atoms with Crippen LogP contribution in [0.1, 0.15) is 24.3 Å². The molecule has 1 amide bonds. The van der Waals surface area contributed by atoms with Gasteiger partial charge in [-0.25, -0.2) is 0 Å². The molecule has 0 aliphatic carbocycles. The zero-order chi connectivity index (χ0) is 8.85. The van der Waals surface area contributed by atoms with Gasteiger partial charge in [-0.1, -0.05) is 13.8 Å². The highest BCUT2D eigenvalue weighted by molar-refractivity contribution is 5.91. The van der Waals surface area contributed by atoms with Gasteiger partial charge < -0.3 is 10.3 Å². The minimum absolute atomic E-state index is 0.387. The molecule has 2 N–H and O–H groups in total. The van der Waals surface area contributed by atoms with E-state index < -0.39 is 0 Å². The van der Waals surface area contributed by atoms with E-state index in [0.29, 0.717) is 5.69 Å². The molecule has 1 heterocycles. The van der Waals surface area contributed by atoms with Crippen molar-refractivity contribution in [3.63, 3.8) is 0 Å². The molecule has 0 radical (unpaired) electrons. The lowest BCUT2D eigenvalue weighted by Gasteiger charge is -1.94. The fourth-order valence-corrected chi connectivity index (χ4v) is 0.717. The molecule has 0 aromatic carbocycles. The van der Waals surface area contributed by atoms with Crippen LogP contribution in [-0.2, 0) is 7.05 Å². The monoisotopic (exact) mass is 154 g/mol. The predicted octanol–water partition coefficient (Wildman–Crippen LogP) is 1.15. The van der Waals surface area contributed by atoms with E-state index in [1.807, 2.05) is 13.8 Å². The van der Waals surface area contributed by atoms with Gasteiger partial charge >= 0.3 is 0 Å². The van der Waals surface area contributed by atoms with E-state index >= 15 is 0 Å². The third-order valence-corrected chi connectivity index (χ3v) is 1.20. The van der Waals surface area contributed by atoms with Gasteiger partial charge in [0.15, 0.2) is 0 Å². The van der Waals surface area contributed by atoms with Crippen molar-refractivity contribution in [1.82, 2.24) is 4.57 Å². The maximum atomic E-state index is 10.5. The highest BCUT2D eigenvalue weighted by Crippen LogP contribution is 1.96. The normalized spacial score (nSPS) is 8.27. The Balaban J connectivity index is 0.000000461. The van der Waals surface area contributed by atoms with Crippen molar-refractivity contribution in [3.8, 4) is 0 Å². The van der Waals surface area contributed by atoms with Gasteiger partial charge in [-0.15, -0.1) is 0 Å². The Morgan fingerprint density at radius 1 is 1.55 bits per heavy atom. The second-order valence-electron chi connectivity index (χ2n) is 1.87. The van der Waals surface area contributed by atoms with Gasteiger partial charge in [0.25, 0.3) is 5.91 Å². The van der Waals surface area contributed by atoms with Crippen LogP contribution in [0.3, 0.4) is 0 Å². The smallest absolute Gasteiger partial charge is 0.265 e. The molecule has 1 aromatic rings. The van der Waals surface area contributed by atoms with Gasteiger partial charge in [-0.2, -0.15) is 0 Å². The van der Waals surface area contributed by atoms with Crippen molar-refractivity contribution < 1.29 is 4.79 Å². The van der Waals surface area contributed by atoms with Crippen LogP contribution in [0.2, 0.25) is 0 Å². The number of nitrogens with two attached hydrogens (primary N) is 1. The highest BCUT2D eigenvalue weighted by atomic mass is 16.1. The minimum Gasteiger partial charge on any atom is -0.364 e. The van der Waals surface area contributed by atoms with E-state index in [4.69, 9.17) is 5.73 Å². The third kappa shape index (κ3) is 2.45. The number of hydrogen-bond acceptors (Lipinski definition) is 1. The van der Waals surface area contributed by atoms with Gasteiger partial charge in [0.05, 0.1) is 0 Å². The predicted molar refractivity (Wildman–Crippen MR) is 45.3 cm³/mol. The molecule has 0 aliphatic rings. The van der Waals surface area contributed by atoms with Gasteiger partial charge in [-0.05, 0) is 12.1 Å². The molecule has 0 spiro atoms. The number of carbonyl (C=O) groups excluding carboxylic acids is 1. The molecule has 0 atom stereocenters. The second-order valence-corrected chi connectivity index (χ2v) is 1.87. The van der Waals surface area contributed by atoms with Crippen molar-refractivity contribution >= 4 is 5.91 Å². The number of primary amides is 1. The maximum absolute atomic E-state index is 10.5. The molecule has 3 heteroatoms. The Hall–Kier alpha value is -1.25. The van der Waals surface area contributed by atoms with Crippen LogP contribution in [-0.4, -0.2) is 10.5 Å². The largest absolute Gasteiger partial charge is 0.364 e. The fraction of sp³-hybridized carbons (Fsp3) is 0.375. The molecular formula is C8H14N2O. The van der Waals surface area contributed by atoms with E-state index in [0.717, 1.165) is 0 Å². The standard InChI is InChI=1S/C6H8N2O.C2H6/c1-8-4-2-3-5(8)6(7)9;1-2/h2-4H,1H3,(H2,7,9);1-2H3. The van der Waals surface area contributed by atoms with Gasteiger partial charge in [0, 0.05) is 13.2 Å². The Bertz CT molecular complexity index is 228. The molecule has 0 saturated heterocycles. The molecule has 0 aliphatic heterocycles. The summed E-state index contributed by atoms with van der Waals surface area (Å²) >= 11 is 0. The van der Waals surface area contributed by atoms with Gasteiger partial charge in [0.2, 0.25) is 0 Å². The van der Waals surface area contributed by atoms with E-state index in [1.54, 1.807) is 29.9 Å². The Labute approximate surface area is 66.8 Å². The van der Waals surface area contributed by atoms with Crippen molar-refractivity contribution in [2.75, 3.05) is 0 Å². The lowest BCUT2D eigenvalue weighted by atomic mass is 10.4. The number of rotatable bonds is 1. The van der Waals surface area contributed by atoms with E-state index in [9.17, 15) is 4.79 Å². The molecule has 0 fully saturated rings. The van der Waals surface area contributed by atoms with Crippen LogP contribution in [0.15, 0.2) is 18.3 Å². The maximum Gasteiger partial charge on any atom is 0.265 e. The highest BCUT2D eigenvalue weighted by Gasteiger charge is 2.00. The molecule has 1 rings (SSSR count). The molecule has 1 aromatic heterocycles. The van der Waals surface area contributed by atoms with Gasteiger partial charge in [0.1, 0.15) is 5.69 Å². The first-order valence-electron chi connectivity index (χ1n) is 3.63. The molecule has 0 bridgehead atoms. The Morgan fingerprint density at radius 3 is 2.27 bits per heavy atom. The lowest BCUT2D eigenvalue weighted by Crippen LogP contribution is -2.14. The lowest BCUT2D eigenvalue weighted by molar-refractivity contribution is 0.0992. The summed E-state index contributed by atoms with van der Waals surface area (Å²) in [6.45, 7) is 4.00. The zero-order valence-electron chi connectivity index (χ0n) is 7.16. The van der Waals surface area contributed by atoms with Crippen molar-refractivity contribution in [1.29, 1.82) is 0 Å². The fourth-order valence-electron chi connectivity index (χ4n) is 0.717. The second kappa shape index (κ2) is 4.55. The summed E-state index contributed by atoms with van der Waals surface area (Å²) in [5.41, 5.74) is 5.54. The number of carbonyl (C=O) groups is 1. The zero-order valence-corrected chi connectivity index (χ0v) is 7.16. The third-order valence-electron chi connectivity index (χ3n) is 1.20. The van der Waals surface area contributed by atoms with Gasteiger partial charge in [-0.3, -0.25) is 4.79 Å². The topological polar surface area (TPSA) is 48.0 Å². The Morgan fingerprint density at radius 2 is 2.09 bits per heavy atom. The van der Waals surface area contributed by atoms with Crippen molar-refractivity contribution in [3.05, 3.63) is 24.0 Å². The number of aromatic nitrogens is 1. The average molecular weight is 154 g/mol. The van der Waals surface area contributed by atoms with E-state index in [2.05, 4.69) is 0 Å². The first-order chi connectivity index (χ1) is 5.22. The van der Waals surface area contributed by atoms with E-state index in [-0.39, 0.29) is 5.91 Å². The SMILES string of the molecule is CC.Cn1cccc1C(N)=O. The van der Waals surface area contributed by atoms with Crippen LogP contribution in [0, 0.1) is 0 Å². The Kier molecular flexibility index (Phi) is 4.03. The number of aryl methyl sites for hydroxylation is 1. The van der Waals surface area contributed by atoms with Crippen LogP contribution in [0.25, 0.3) is 0 Å². The summed E-state index contributed by atoms with van der Waals surface area (Å²) in [5.74, 6) is -0.387. The molecule has 11 heavy (non-hydrogen) atoms. The van der Waals surface area contributed by atoms with Crippen LogP contribution in [0.4, 0.5) is 0 Å².